The lowest BCUT2D eigenvalue weighted by Gasteiger charge is -2.04. The van der Waals surface area contributed by atoms with Gasteiger partial charge in [0.05, 0.1) is 6.26 Å². The van der Waals surface area contributed by atoms with Gasteiger partial charge in [0.2, 0.25) is 0 Å². The quantitative estimate of drug-likeness (QED) is 0.572. The second-order valence-corrected chi connectivity index (χ2v) is 2.57. The maximum Gasteiger partial charge on any atom is 0.506 e. The molecule has 0 aromatic heterocycles. The van der Waals surface area contributed by atoms with E-state index in [4.69, 9.17) is 10.2 Å². The average molecular weight is 194 g/mol. The highest BCUT2D eigenvalue weighted by atomic mass is 16.7. The molecule has 0 atom stereocenters. The minimum atomic E-state index is -1.36. The molecule has 0 bridgehead atoms. The Labute approximate surface area is 81.1 Å². The summed E-state index contributed by atoms with van der Waals surface area (Å²) in [6.45, 7) is -0.157. The zero-order chi connectivity index (χ0) is 10.4. The summed E-state index contributed by atoms with van der Waals surface area (Å²) in [6, 6.07) is 8.93. The Balaban J connectivity index is 2.69. The maximum absolute atomic E-state index is 10.1. The van der Waals surface area contributed by atoms with Crippen LogP contribution in [0.15, 0.2) is 36.6 Å². The highest BCUT2D eigenvalue weighted by Gasteiger charge is 2.04. The van der Waals surface area contributed by atoms with Crippen molar-refractivity contribution in [2.75, 3.05) is 6.61 Å². The minimum absolute atomic E-state index is 0.157. The van der Waals surface area contributed by atoms with Crippen LogP contribution in [0.1, 0.15) is 5.56 Å². The lowest BCUT2D eigenvalue weighted by Crippen LogP contribution is -2.03. The Morgan fingerprint density at radius 3 is 2.50 bits per heavy atom. The van der Waals surface area contributed by atoms with E-state index in [9.17, 15) is 4.79 Å². The van der Waals surface area contributed by atoms with Crippen LogP contribution in [0.3, 0.4) is 0 Å². The zero-order valence-corrected chi connectivity index (χ0v) is 7.38. The minimum Gasteiger partial charge on any atom is -0.515 e. The van der Waals surface area contributed by atoms with E-state index in [1.165, 1.54) is 0 Å². The van der Waals surface area contributed by atoms with Gasteiger partial charge in [0.15, 0.2) is 0 Å². The summed E-state index contributed by atoms with van der Waals surface area (Å²) in [7, 11) is 0. The van der Waals surface area contributed by atoms with Crippen molar-refractivity contribution in [1.29, 1.82) is 0 Å². The van der Waals surface area contributed by atoms with Crippen LogP contribution in [-0.4, -0.2) is 23.0 Å². The van der Waals surface area contributed by atoms with E-state index in [2.05, 4.69) is 4.74 Å². The summed E-state index contributed by atoms with van der Waals surface area (Å²) in [4.78, 5) is 10.1. The van der Waals surface area contributed by atoms with Gasteiger partial charge < -0.3 is 14.9 Å². The molecule has 0 unspecified atom stereocenters. The van der Waals surface area contributed by atoms with Crippen LogP contribution >= 0.6 is 0 Å². The Hall–Kier alpha value is -1.97. The van der Waals surface area contributed by atoms with Gasteiger partial charge in [-0.2, -0.15) is 0 Å². The van der Waals surface area contributed by atoms with Crippen molar-refractivity contribution in [2.24, 2.45) is 0 Å². The standard InChI is InChI=1S/C10H10O4/c11-6-9(7-14-10(12)13)8-4-2-1-3-5-8/h1-6,11H,7H2,(H,12,13)/b9-6-. The van der Waals surface area contributed by atoms with Gasteiger partial charge in [-0.25, -0.2) is 4.79 Å². The first kappa shape index (κ1) is 10.1. The highest BCUT2D eigenvalue weighted by Crippen LogP contribution is 2.13. The lowest BCUT2D eigenvalue weighted by molar-refractivity contribution is 0.103. The van der Waals surface area contributed by atoms with E-state index in [0.29, 0.717) is 5.57 Å². The van der Waals surface area contributed by atoms with E-state index >= 15 is 0 Å². The number of carbonyl (C=O) groups is 1. The van der Waals surface area contributed by atoms with Crippen LogP contribution in [-0.2, 0) is 4.74 Å². The van der Waals surface area contributed by atoms with Crippen molar-refractivity contribution in [1.82, 2.24) is 0 Å². The smallest absolute Gasteiger partial charge is 0.506 e. The molecule has 74 valence electrons. The number of carboxylic acid groups (broad SMARTS) is 1. The molecule has 0 heterocycles. The van der Waals surface area contributed by atoms with Crippen molar-refractivity contribution in [2.45, 2.75) is 0 Å². The summed E-state index contributed by atoms with van der Waals surface area (Å²) in [5.74, 6) is 0. The first-order chi connectivity index (χ1) is 6.74. The molecule has 4 nitrogen and oxygen atoms in total. The van der Waals surface area contributed by atoms with Crippen LogP contribution in [0.25, 0.3) is 5.57 Å². The lowest BCUT2D eigenvalue weighted by atomic mass is 10.1. The third-order valence-electron chi connectivity index (χ3n) is 1.65. The number of ether oxygens (including phenoxy) is 1. The van der Waals surface area contributed by atoms with Gasteiger partial charge in [-0.3, -0.25) is 0 Å². The summed E-state index contributed by atoms with van der Waals surface area (Å²) >= 11 is 0. The van der Waals surface area contributed by atoms with Crippen LogP contribution in [0.4, 0.5) is 4.79 Å². The number of aliphatic hydroxyl groups is 1. The molecule has 1 aromatic rings. The van der Waals surface area contributed by atoms with Crippen molar-refractivity contribution in [3.05, 3.63) is 42.2 Å². The van der Waals surface area contributed by atoms with E-state index in [-0.39, 0.29) is 6.61 Å². The molecular weight excluding hydrogens is 184 g/mol. The molecule has 1 aromatic carbocycles. The van der Waals surface area contributed by atoms with Crippen LogP contribution < -0.4 is 0 Å². The van der Waals surface area contributed by atoms with Gasteiger partial charge >= 0.3 is 6.16 Å². The zero-order valence-electron chi connectivity index (χ0n) is 7.38. The van der Waals surface area contributed by atoms with Crippen molar-refractivity contribution < 1.29 is 19.7 Å². The first-order valence-electron chi connectivity index (χ1n) is 3.98. The molecular formula is C10H10O4. The molecule has 1 rings (SSSR count). The highest BCUT2D eigenvalue weighted by molar-refractivity contribution is 5.67. The summed E-state index contributed by atoms with van der Waals surface area (Å²) in [6.07, 6.45) is -0.515. The number of rotatable bonds is 3. The largest absolute Gasteiger partial charge is 0.515 e. The van der Waals surface area contributed by atoms with Crippen molar-refractivity contribution in [3.8, 4) is 0 Å². The van der Waals surface area contributed by atoms with Gasteiger partial charge in [-0.05, 0) is 5.56 Å². The Bertz CT molecular complexity index is 329. The third-order valence-corrected chi connectivity index (χ3v) is 1.65. The Kier molecular flexibility index (Phi) is 3.55. The SMILES string of the molecule is O=C(O)OC/C(=C/O)c1ccccc1. The van der Waals surface area contributed by atoms with Crippen molar-refractivity contribution >= 4 is 11.7 Å². The molecule has 0 radical (unpaired) electrons. The molecule has 0 aliphatic heterocycles. The predicted octanol–water partition coefficient (Wildman–Crippen LogP) is 2.28. The molecule has 0 amide bonds. The van der Waals surface area contributed by atoms with E-state index in [1.54, 1.807) is 24.3 Å². The molecule has 0 saturated heterocycles. The second kappa shape index (κ2) is 4.91. The molecule has 0 aliphatic carbocycles. The summed E-state index contributed by atoms with van der Waals surface area (Å²) in [5.41, 5.74) is 1.16. The molecule has 0 saturated carbocycles. The van der Waals surface area contributed by atoms with Gasteiger partial charge in [-0.15, -0.1) is 0 Å². The predicted molar refractivity (Wildman–Crippen MR) is 51.0 cm³/mol. The average Bonchev–Trinajstić information content (AvgIpc) is 2.20. The molecule has 14 heavy (non-hydrogen) atoms. The fourth-order valence-corrected chi connectivity index (χ4v) is 0.987. The van der Waals surface area contributed by atoms with Gasteiger partial charge in [0, 0.05) is 5.57 Å². The first-order valence-corrected chi connectivity index (χ1v) is 3.98. The summed E-state index contributed by atoms with van der Waals surface area (Å²) < 4.78 is 4.34. The normalized spacial score (nSPS) is 11.0. The number of hydrogen-bond donors (Lipinski definition) is 2. The Morgan fingerprint density at radius 1 is 1.36 bits per heavy atom. The monoisotopic (exact) mass is 194 g/mol. The van der Waals surface area contributed by atoms with E-state index in [0.717, 1.165) is 11.8 Å². The number of aliphatic hydroxyl groups excluding tert-OH is 1. The summed E-state index contributed by atoms with van der Waals surface area (Å²) in [5, 5.41) is 17.1. The van der Waals surface area contributed by atoms with E-state index in [1.807, 2.05) is 6.07 Å². The number of benzene rings is 1. The fourth-order valence-electron chi connectivity index (χ4n) is 0.987. The fraction of sp³-hybridized carbons (Fsp3) is 0.100. The number of hydrogen-bond acceptors (Lipinski definition) is 3. The Morgan fingerprint density at radius 2 is 2.00 bits per heavy atom. The molecule has 0 fully saturated rings. The topological polar surface area (TPSA) is 66.8 Å². The molecule has 4 heteroatoms. The van der Waals surface area contributed by atoms with Gasteiger partial charge in [0.25, 0.3) is 0 Å². The maximum atomic E-state index is 10.1. The van der Waals surface area contributed by atoms with Crippen molar-refractivity contribution in [3.63, 3.8) is 0 Å². The molecule has 0 aliphatic rings. The molecule has 2 N–H and O–H groups in total. The third kappa shape index (κ3) is 2.82. The van der Waals surface area contributed by atoms with Crippen LogP contribution in [0.2, 0.25) is 0 Å². The van der Waals surface area contributed by atoms with Crippen LogP contribution in [0.5, 0.6) is 0 Å². The molecule has 0 spiro atoms. The van der Waals surface area contributed by atoms with E-state index < -0.39 is 6.16 Å². The van der Waals surface area contributed by atoms with Crippen LogP contribution in [0, 0.1) is 0 Å². The van der Waals surface area contributed by atoms with Gasteiger partial charge in [-0.1, -0.05) is 30.3 Å². The van der Waals surface area contributed by atoms with Gasteiger partial charge in [0.1, 0.15) is 6.61 Å². The second-order valence-electron chi connectivity index (χ2n) is 2.57.